The predicted octanol–water partition coefficient (Wildman–Crippen LogP) is 3.24. The summed E-state index contributed by atoms with van der Waals surface area (Å²) in [5.74, 6) is 0.0265. The molecule has 0 atom stereocenters. The number of nitrogens with zero attached hydrogens (tertiary/aromatic N) is 1. The number of unbranched alkanes of at least 4 members (excludes halogenated alkanes) is 1. The Morgan fingerprint density at radius 1 is 1.33 bits per heavy atom. The summed E-state index contributed by atoms with van der Waals surface area (Å²) >= 11 is 6.34. The Balaban J connectivity index is 2.04. The van der Waals surface area contributed by atoms with E-state index in [0.717, 1.165) is 24.2 Å². The third-order valence-electron chi connectivity index (χ3n) is 3.33. The van der Waals surface area contributed by atoms with Crippen LogP contribution in [-0.2, 0) is 14.3 Å². The largest absolute Gasteiger partial charge is 0.494 e. The number of benzene rings is 1. The van der Waals surface area contributed by atoms with Crippen LogP contribution in [0.4, 0.5) is 0 Å². The lowest BCUT2D eigenvalue weighted by Gasteiger charge is -2.11. The van der Waals surface area contributed by atoms with Gasteiger partial charge in [0, 0.05) is 0 Å². The highest BCUT2D eigenvalue weighted by molar-refractivity contribution is 8.26. The molecular weight excluding hydrogens is 346 g/mol. The Morgan fingerprint density at radius 3 is 2.67 bits per heavy atom. The van der Waals surface area contributed by atoms with Crippen molar-refractivity contribution in [3.8, 4) is 5.75 Å². The van der Waals surface area contributed by atoms with E-state index >= 15 is 0 Å². The van der Waals surface area contributed by atoms with Crippen LogP contribution in [0, 0.1) is 0 Å². The average Bonchev–Trinajstić information content (AvgIpc) is 2.84. The van der Waals surface area contributed by atoms with Gasteiger partial charge in [0.1, 0.15) is 16.6 Å². The Morgan fingerprint density at radius 2 is 2.04 bits per heavy atom. The van der Waals surface area contributed by atoms with Gasteiger partial charge in [-0.2, -0.15) is 0 Å². The van der Waals surface area contributed by atoms with Crippen LogP contribution in [0.5, 0.6) is 5.75 Å². The van der Waals surface area contributed by atoms with E-state index in [1.807, 2.05) is 24.3 Å². The number of amides is 1. The number of carbonyl (C=O) groups is 2. The topological polar surface area (TPSA) is 55.8 Å². The van der Waals surface area contributed by atoms with Gasteiger partial charge in [0.2, 0.25) is 0 Å². The zero-order valence-electron chi connectivity index (χ0n) is 13.6. The van der Waals surface area contributed by atoms with Crippen molar-refractivity contribution in [2.75, 3.05) is 20.3 Å². The van der Waals surface area contributed by atoms with Crippen molar-refractivity contribution in [1.29, 1.82) is 0 Å². The van der Waals surface area contributed by atoms with Crippen LogP contribution < -0.4 is 4.74 Å². The first-order valence-corrected chi connectivity index (χ1v) is 8.82. The summed E-state index contributed by atoms with van der Waals surface area (Å²) in [5, 5.41) is 0. The number of esters is 1. The molecular formula is C17H19NO4S2. The van der Waals surface area contributed by atoms with Gasteiger partial charge in [-0.05, 0) is 30.2 Å². The molecule has 1 fully saturated rings. The number of thiocarbonyl (C=S) groups is 1. The van der Waals surface area contributed by atoms with Gasteiger partial charge in [-0.15, -0.1) is 0 Å². The van der Waals surface area contributed by atoms with Gasteiger partial charge in [-0.1, -0.05) is 49.5 Å². The minimum atomic E-state index is -0.499. The number of thioether (sulfide) groups is 1. The molecule has 1 aliphatic rings. The van der Waals surface area contributed by atoms with Gasteiger partial charge in [-0.3, -0.25) is 14.5 Å². The summed E-state index contributed by atoms with van der Waals surface area (Å²) in [6.07, 6.45) is 3.86. The first-order chi connectivity index (χ1) is 11.5. The minimum Gasteiger partial charge on any atom is -0.494 e. The van der Waals surface area contributed by atoms with Crippen LogP contribution in [0.3, 0.4) is 0 Å². The monoisotopic (exact) mass is 365 g/mol. The lowest BCUT2D eigenvalue weighted by Crippen LogP contribution is -2.33. The number of hydrogen-bond acceptors (Lipinski definition) is 6. The molecule has 1 aromatic carbocycles. The van der Waals surface area contributed by atoms with E-state index < -0.39 is 5.97 Å². The Labute approximate surface area is 151 Å². The summed E-state index contributed by atoms with van der Waals surface area (Å²) in [6, 6.07) is 7.51. The van der Waals surface area contributed by atoms with E-state index in [0.29, 0.717) is 15.8 Å². The molecule has 7 heteroatoms. The molecule has 2 rings (SSSR count). The molecule has 1 aliphatic heterocycles. The second kappa shape index (κ2) is 8.84. The van der Waals surface area contributed by atoms with E-state index in [2.05, 4.69) is 11.7 Å². The molecule has 0 saturated carbocycles. The molecule has 0 aromatic heterocycles. The Bertz CT molecular complexity index is 655. The summed E-state index contributed by atoms with van der Waals surface area (Å²) in [4.78, 5) is 25.4. The minimum absolute atomic E-state index is 0.164. The van der Waals surface area contributed by atoms with E-state index in [1.165, 1.54) is 23.8 Å². The van der Waals surface area contributed by atoms with Gasteiger partial charge in [-0.25, -0.2) is 0 Å². The van der Waals surface area contributed by atoms with Crippen LogP contribution in [0.1, 0.15) is 25.3 Å². The van der Waals surface area contributed by atoms with Crippen LogP contribution in [0.25, 0.3) is 6.08 Å². The fourth-order valence-corrected chi connectivity index (χ4v) is 3.23. The molecule has 0 bridgehead atoms. The highest BCUT2D eigenvalue weighted by Crippen LogP contribution is 2.32. The lowest BCUT2D eigenvalue weighted by molar-refractivity contribution is -0.143. The highest BCUT2D eigenvalue weighted by atomic mass is 32.2. The number of rotatable bonds is 7. The fourth-order valence-electron chi connectivity index (χ4n) is 1.98. The molecule has 1 amide bonds. The molecule has 0 spiro atoms. The number of carbonyl (C=O) groups excluding carboxylic acids is 2. The van der Waals surface area contributed by atoms with Crippen LogP contribution >= 0.6 is 24.0 Å². The van der Waals surface area contributed by atoms with Crippen molar-refractivity contribution >= 4 is 46.3 Å². The zero-order valence-corrected chi connectivity index (χ0v) is 15.2. The Hall–Kier alpha value is -1.86. The molecule has 24 heavy (non-hydrogen) atoms. The first kappa shape index (κ1) is 18.5. The second-order valence-corrected chi connectivity index (χ2v) is 6.79. The normalized spacial score (nSPS) is 15.9. The van der Waals surface area contributed by atoms with Gasteiger partial charge in [0.15, 0.2) is 0 Å². The van der Waals surface area contributed by atoms with Crippen molar-refractivity contribution in [1.82, 2.24) is 4.90 Å². The number of methoxy groups -OCH3 is 1. The summed E-state index contributed by atoms with van der Waals surface area (Å²) in [7, 11) is 1.28. The Kier molecular flexibility index (Phi) is 6.81. The number of ether oxygens (including phenoxy) is 2. The molecule has 0 aliphatic carbocycles. The maximum absolute atomic E-state index is 12.3. The maximum atomic E-state index is 12.3. The number of hydrogen-bond donors (Lipinski definition) is 0. The SMILES string of the molecule is CCCCOc1ccc(C=C2SC(=S)N(CC(=O)OC)C2=O)cc1. The quantitative estimate of drug-likeness (QED) is 0.320. The summed E-state index contributed by atoms with van der Waals surface area (Å²) in [6.45, 7) is 2.65. The van der Waals surface area contributed by atoms with Gasteiger partial charge in [0.25, 0.3) is 5.91 Å². The van der Waals surface area contributed by atoms with Gasteiger partial charge in [0.05, 0.1) is 18.6 Å². The standard InChI is InChI=1S/C17H19NO4S2/c1-3-4-9-22-13-7-5-12(6-8-13)10-14-16(20)18(17(23)24-14)11-15(19)21-2/h5-8,10H,3-4,9,11H2,1-2H3. The highest BCUT2D eigenvalue weighted by Gasteiger charge is 2.33. The van der Waals surface area contributed by atoms with Crippen molar-refractivity contribution in [3.63, 3.8) is 0 Å². The second-order valence-electron chi connectivity index (χ2n) is 5.12. The predicted molar refractivity (Wildman–Crippen MR) is 98.7 cm³/mol. The lowest BCUT2D eigenvalue weighted by atomic mass is 10.2. The van der Waals surface area contributed by atoms with Crippen LogP contribution in [-0.4, -0.2) is 41.4 Å². The van der Waals surface area contributed by atoms with E-state index in [4.69, 9.17) is 17.0 Å². The molecule has 0 N–H and O–H groups in total. The molecule has 1 saturated heterocycles. The smallest absolute Gasteiger partial charge is 0.325 e. The van der Waals surface area contributed by atoms with Crippen molar-refractivity contribution in [2.24, 2.45) is 0 Å². The van der Waals surface area contributed by atoms with E-state index in [1.54, 1.807) is 6.08 Å². The molecule has 1 heterocycles. The molecule has 0 unspecified atom stereocenters. The maximum Gasteiger partial charge on any atom is 0.325 e. The molecule has 5 nitrogen and oxygen atoms in total. The summed E-state index contributed by atoms with van der Waals surface area (Å²) < 4.78 is 10.5. The van der Waals surface area contributed by atoms with Crippen LogP contribution in [0.15, 0.2) is 29.2 Å². The van der Waals surface area contributed by atoms with Crippen LogP contribution in [0.2, 0.25) is 0 Å². The van der Waals surface area contributed by atoms with Crippen molar-refractivity contribution in [3.05, 3.63) is 34.7 Å². The van der Waals surface area contributed by atoms with Crippen molar-refractivity contribution in [2.45, 2.75) is 19.8 Å². The molecule has 128 valence electrons. The molecule has 0 radical (unpaired) electrons. The third kappa shape index (κ3) is 4.82. The third-order valence-corrected chi connectivity index (χ3v) is 4.71. The van der Waals surface area contributed by atoms with Crippen molar-refractivity contribution < 1.29 is 19.1 Å². The van der Waals surface area contributed by atoms with E-state index in [-0.39, 0.29) is 12.5 Å². The summed E-state index contributed by atoms with van der Waals surface area (Å²) in [5.41, 5.74) is 0.872. The first-order valence-electron chi connectivity index (χ1n) is 7.60. The van der Waals surface area contributed by atoms with Gasteiger partial charge < -0.3 is 9.47 Å². The molecule has 1 aromatic rings. The average molecular weight is 365 g/mol. The zero-order chi connectivity index (χ0) is 17.5. The fraction of sp³-hybridized carbons (Fsp3) is 0.353. The van der Waals surface area contributed by atoms with Gasteiger partial charge >= 0.3 is 5.97 Å². The van der Waals surface area contributed by atoms with E-state index in [9.17, 15) is 9.59 Å².